The average Bonchev–Trinajstić information content (AvgIpc) is 2.98. The molecule has 0 amide bonds. The highest BCUT2D eigenvalue weighted by Crippen LogP contribution is 2.22. The van der Waals surface area contributed by atoms with Crippen molar-refractivity contribution in [2.45, 2.75) is 26.3 Å². The van der Waals surface area contributed by atoms with Crippen LogP contribution in [-0.2, 0) is 15.1 Å². The lowest BCUT2D eigenvalue weighted by molar-refractivity contribution is -0.152. The van der Waals surface area contributed by atoms with E-state index in [0.717, 1.165) is 16.6 Å². The van der Waals surface area contributed by atoms with E-state index in [0.29, 0.717) is 6.61 Å². The SMILES string of the molecule is CCOC(=O)C(C)(C)n1cc(-c2cc[nH]/c(=N\C)c2)cn1. The first kappa shape index (κ1) is 15.0. The van der Waals surface area contributed by atoms with Gasteiger partial charge in [0, 0.05) is 25.0 Å². The van der Waals surface area contributed by atoms with E-state index in [2.05, 4.69) is 15.1 Å². The van der Waals surface area contributed by atoms with Gasteiger partial charge in [-0.05, 0) is 38.5 Å². The molecule has 0 saturated heterocycles. The number of nitrogens with one attached hydrogen (secondary N) is 1. The molecule has 0 bridgehead atoms. The van der Waals surface area contributed by atoms with Crippen molar-refractivity contribution >= 4 is 5.97 Å². The summed E-state index contributed by atoms with van der Waals surface area (Å²) in [5, 5.41) is 4.30. The Morgan fingerprint density at radius 2 is 2.24 bits per heavy atom. The molecule has 6 nitrogen and oxygen atoms in total. The van der Waals surface area contributed by atoms with E-state index in [-0.39, 0.29) is 5.97 Å². The van der Waals surface area contributed by atoms with Gasteiger partial charge < -0.3 is 9.72 Å². The molecule has 6 heteroatoms. The zero-order valence-corrected chi connectivity index (χ0v) is 12.8. The highest BCUT2D eigenvalue weighted by atomic mass is 16.5. The standard InChI is InChI=1S/C15H20N4O2/c1-5-21-14(20)15(2,3)19-10-12(9-18-19)11-6-7-17-13(8-11)16-4/h6-10H,5H2,1-4H3,(H,16,17). The number of aromatic nitrogens is 3. The van der Waals surface area contributed by atoms with E-state index in [1.165, 1.54) is 0 Å². The molecule has 0 aromatic carbocycles. The normalized spacial score (nSPS) is 12.5. The molecule has 1 N–H and O–H groups in total. The summed E-state index contributed by atoms with van der Waals surface area (Å²) in [6.07, 6.45) is 5.40. The van der Waals surface area contributed by atoms with E-state index in [9.17, 15) is 4.79 Å². The molecule has 0 unspecified atom stereocenters. The predicted molar refractivity (Wildman–Crippen MR) is 79.5 cm³/mol. The topological polar surface area (TPSA) is 72.3 Å². The minimum absolute atomic E-state index is 0.301. The van der Waals surface area contributed by atoms with Gasteiger partial charge >= 0.3 is 5.97 Å². The number of carbonyl (C=O) groups is 1. The Bertz CT molecular complexity index is 697. The van der Waals surface area contributed by atoms with Crippen LogP contribution in [0.15, 0.2) is 35.7 Å². The number of rotatable bonds is 4. The highest BCUT2D eigenvalue weighted by Gasteiger charge is 2.32. The van der Waals surface area contributed by atoms with Gasteiger partial charge in [-0.15, -0.1) is 0 Å². The Morgan fingerprint density at radius 1 is 1.48 bits per heavy atom. The van der Waals surface area contributed by atoms with E-state index in [4.69, 9.17) is 4.74 Å². The van der Waals surface area contributed by atoms with Crippen molar-refractivity contribution in [2.75, 3.05) is 13.7 Å². The molecule has 0 atom stereocenters. The summed E-state index contributed by atoms with van der Waals surface area (Å²) in [7, 11) is 1.73. The Morgan fingerprint density at radius 3 is 2.90 bits per heavy atom. The first-order chi connectivity index (χ1) is 9.98. The van der Waals surface area contributed by atoms with Crippen molar-refractivity contribution in [2.24, 2.45) is 4.99 Å². The maximum atomic E-state index is 12.0. The monoisotopic (exact) mass is 288 g/mol. The van der Waals surface area contributed by atoms with Gasteiger partial charge in [0.1, 0.15) is 5.49 Å². The molecule has 0 radical (unpaired) electrons. The number of carbonyl (C=O) groups excluding carboxylic acids is 1. The van der Waals surface area contributed by atoms with Crippen LogP contribution in [0.2, 0.25) is 0 Å². The third kappa shape index (κ3) is 3.04. The molecular formula is C15H20N4O2. The minimum Gasteiger partial charge on any atom is -0.464 e. The van der Waals surface area contributed by atoms with Crippen molar-refractivity contribution < 1.29 is 9.53 Å². The summed E-state index contributed by atoms with van der Waals surface area (Å²) in [4.78, 5) is 19.1. The third-order valence-corrected chi connectivity index (χ3v) is 3.29. The summed E-state index contributed by atoms with van der Waals surface area (Å²) in [5.74, 6) is -0.301. The van der Waals surface area contributed by atoms with Crippen molar-refractivity contribution in [1.82, 2.24) is 14.8 Å². The molecule has 2 aromatic heterocycles. The minimum atomic E-state index is -0.840. The number of hydrogen-bond acceptors (Lipinski definition) is 4. The third-order valence-electron chi connectivity index (χ3n) is 3.29. The van der Waals surface area contributed by atoms with Gasteiger partial charge in [0.15, 0.2) is 5.54 Å². The van der Waals surface area contributed by atoms with Crippen molar-refractivity contribution in [3.05, 3.63) is 36.2 Å². The molecule has 0 fully saturated rings. The predicted octanol–water partition coefficient (Wildman–Crippen LogP) is 1.71. The van der Waals surface area contributed by atoms with E-state index < -0.39 is 5.54 Å². The van der Waals surface area contributed by atoms with Gasteiger partial charge in [0.25, 0.3) is 0 Å². The number of nitrogens with zero attached hydrogens (tertiary/aromatic N) is 3. The maximum absolute atomic E-state index is 12.0. The lowest BCUT2D eigenvalue weighted by atomic mass is 10.1. The van der Waals surface area contributed by atoms with Crippen LogP contribution in [0.25, 0.3) is 11.1 Å². The smallest absolute Gasteiger partial charge is 0.333 e. The summed E-state index contributed by atoms with van der Waals surface area (Å²) >= 11 is 0. The number of esters is 1. The highest BCUT2D eigenvalue weighted by molar-refractivity contribution is 5.78. The van der Waals surface area contributed by atoms with Crippen LogP contribution in [0.3, 0.4) is 0 Å². The largest absolute Gasteiger partial charge is 0.464 e. The van der Waals surface area contributed by atoms with Gasteiger partial charge in [-0.25, -0.2) is 4.79 Å². The maximum Gasteiger partial charge on any atom is 0.333 e. The molecular weight excluding hydrogens is 268 g/mol. The average molecular weight is 288 g/mol. The lowest BCUT2D eigenvalue weighted by Crippen LogP contribution is -2.37. The van der Waals surface area contributed by atoms with Crippen LogP contribution in [0.4, 0.5) is 0 Å². The Balaban J connectivity index is 2.35. The van der Waals surface area contributed by atoms with Crippen LogP contribution in [0, 0.1) is 0 Å². The molecule has 2 rings (SSSR count). The number of H-pyrrole nitrogens is 1. The number of hydrogen-bond donors (Lipinski definition) is 1. The molecule has 112 valence electrons. The molecule has 2 aromatic rings. The first-order valence-electron chi connectivity index (χ1n) is 6.83. The molecule has 0 saturated carbocycles. The quantitative estimate of drug-likeness (QED) is 0.870. The zero-order valence-electron chi connectivity index (χ0n) is 12.8. The van der Waals surface area contributed by atoms with Crippen LogP contribution in [0.5, 0.6) is 0 Å². The summed E-state index contributed by atoms with van der Waals surface area (Å²) in [6.45, 7) is 5.71. The van der Waals surface area contributed by atoms with Gasteiger partial charge in [-0.3, -0.25) is 9.67 Å². The Labute approximate surface area is 123 Å². The Kier molecular flexibility index (Phi) is 4.26. The first-order valence-corrected chi connectivity index (χ1v) is 6.83. The summed E-state index contributed by atoms with van der Waals surface area (Å²) in [5.41, 5.74) is 1.85. The molecule has 0 aliphatic rings. The molecule has 0 aliphatic carbocycles. The second-order valence-corrected chi connectivity index (χ2v) is 5.14. The van der Waals surface area contributed by atoms with Crippen LogP contribution >= 0.6 is 0 Å². The second-order valence-electron chi connectivity index (χ2n) is 5.14. The van der Waals surface area contributed by atoms with Crippen LogP contribution in [0.1, 0.15) is 20.8 Å². The molecule has 2 heterocycles. The number of aromatic amines is 1. The summed E-state index contributed by atoms with van der Waals surface area (Å²) in [6, 6.07) is 3.87. The van der Waals surface area contributed by atoms with Gasteiger partial charge in [-0.2, -0.15) is 5.10 Å². The van der Waals surface area contributed by atoms with Gasteiger partial charge in [0.2, 0.25) is 0 Å². The second kappa shape index (κ2) is 5.95. The van der Waals surface area contributed by atoms with Crippen LogP contribution < -0.4 is 5.49 Å². The van der Waals surface area contributed by atoms with Crippen molar-refractivity contribution in [3.8, 4) is 11.1 Å². The molecule has 21 heavy (non-hydrogen) atoms. The fourth-order valence-electron chi connectivity index (χ4n) is 1.94. The van der Waals surface area contributed by atoms with Crippen molar-refractivity contribution in [1.29, 1.82) is 0 Å². The molecule has 0 spiro atoms. The number of pyridine rings is 1. The molecule has 0 aliphatic heterocycles. The summed E-state index contributed by atoms with van der Waals surface area (Å²) < 4.78 is 6.72. The van der Waals surface area contributed by atoms with Crippen LogP contribution in [-0.4, -0.2) is 34.4 Å². The Hall–Kier alpha value is -2.37. The number of ether oxygens (including phenoxy) is 1. The van der Waals surface area contributed by atoms with E-state index >= 15 is 0 Å². The van der Waals surface area contributed by atoms with E-state index in [1.807, 2.05) is 24.5 Å². The fourth-order valence-corrected chi connectivity index (χ4v) is 1.94. The fraction of sp³-hybridized carbons (Fsp3) is 0.400. The van der Waals surface area contributed by atoms with Gasteiger partial charge in [0.05, 0.1) is 12.8 Å². The lowest BCUT2D eigenvalue weighted by Gasteiger charge is -2.22. The zero-order chi connectivity index (χ0) is 15.5. The van der Waals surface area contributed by atoms with Crippen molar-refractivity contribution in [3.63, 3.8) is 0 Å². The van der Waals surface area contributed by atoms with E-state index in [1.54, 1.807) is 38.7 Å². The van der Waals surface area contributed by atoms with Gasteiger partial charge in [-0.1, -0.05) is 0 Å².